The Balaban J connectivity index is 1.27. The molecule has 152 valence electrons. The summed E-state index contributed by atoms with van der Waals surface area (Å²) < 4.78 is 1.75. The number of thiophene rings is 1. The van der Waals surface area contributed by atoms with Gasteiger partial charge in [0, 0.05) is 30.6 Å². The monoisotopic (exact) mass is 428 g/mol. The molecule has 1 N–H and O–H groups in total. The van der Waals surface area contributed by atoms with Gasteiger partial charge in [0.1, 0.15) is 0 Å². The van der Waals surface area contributed by atoms with Crippen LogP contribution in [0.2, 0.25) is 0 Å². The maximum atomic E-state index is 12.7. The second kappa shape index (κ2) is 9.51. The maximum absolute atomic E-state index is 12.7. The largest absolute Gasteiger partial charge is 0.351 e. The lowest BCUT2D eigenvalue weighted by molar-refractivity contribution is -0.120. The van der Waals surface area contributed by atoms with Gasteiger partial charge in [-0.25, -0.2) is 4.68 Å². The predicted molar refractivity (Wildman–Crippen MR) is 115 cm³/mol. The smallest absolute Gasteiger partial charge is 0.233 e. The van der Waals surface area contributed by atoms with E-state index in [9.17, 15) is 4.79 Å². The van der Waals surface area contributed by atoms with Crippen LogP contribution in [0.5, 0.6) is 0 Å². The number of likely N-dealkylation sites (tertiary alicyclic amines) is 1. The van der Waals surface area contributed by atoms with Crippen molar-refractivity contribution < 1.29 is 4.79 Å². The lowest BCUT2D eigenvalue weighted by Gasteiger charge is -2.18. The minimum atomic E-state index is -0.258. The predicted octanol–water partition coefficient (Wildman–Crippen LogP) is 2.65. The fourth-order valence-electron chi connectivity index (χ4n) is 3.40. The van der Waals surface area contributed by atoms with E-state index in [-0.39, 0.29) is 17.2 Å². The van der Waals surface area contributed by atoms with Crippen LogP contribution >= 0.6 is 23.1 Å². The third-order valence-corrected chi connectivity index (χ3v) is 6.84. The summed E-state index contributed by atoms with van der Waals surface area (Å²) in [6.45, 7) is 5.34. The highest BCUT2D eigenvalue weighted by Crippen LogP contribution is 2.22. The van der Waals surface area contributed by atoms with Gasteiger partial charge >= 0.3 is 0 Å². The molecule has 1 aliphatic rings. The summed E-state index contributed by atoms with van der Waals surface area (Å²) in [5.74, 6) is 0.0345. The number of amides is 1. The van der Waals surface area contributed by atoms with Crippen molar-refractivity contribution in [1.82, 2.24) is 30.4 Å². The molecule has 1 fully saturated rings. The fourth-order valence-corrected chi connectivity index (χ4v) is 4.88. The van der Waals surface area contributed by atoms with Crippen LogP contribution in [0.15, 0.2) is 53.0 Å². The van der Waals surface area contributed by atoms with E-state index in [4.69, 9.17) is 0 Å². The molecular formula is C20H24N6OS2. The van der Waals surface area contributed by atoms with Gasteiger partial charge in [0.2, 0.25) is 11.1 Å². The molecule has 9 heteroatoms. The van der Waals surface area contributed by atoms with Crippen LogP contribution in [0.25, 0.3) is 0 Å². The molecule has 3 aromatic rings. The number of carbonyl (C=O) groups is 1. The Morgan fingerprint density at radius 2 is 2.14 bits per heavy atom. The van der Waals surface area contributed by atoms with Gasteiger partial charge in [-0.1, -0.05) is 48.2 Å². The first-order valence-corrected chi connectivity index (χ1v) is 11.4. The van der Waals surface area contributed by atoms with E-state index in [1.807, 2.05) is 24.4 Å². The van der Waals surface area contributed by atoms with Crippen molar-refractivity contribution in [1.29, 1.82) is 0 Å². The molecule has 4 rings (SSSR count). The van der Waals surface area contributed by atoms with E-state index >= 15 is 0 Å². The lowest BCUT2D eigenvalue weighted by Crippen LogP contribution is -2.40. The number of benzene rings is 1. The summed E-state index contributed by atoms with van der Waals surface area (Å²) in [4.78, 5) is 16.3. The molecule has 3 heterocycles. The quantitative estimate of drug-likeness (QED) is 0.556. The normalized spacial score (nSPS) is 18.0. The third kappa shape index (κ3) is 5.43. The molecule has 0 bridgehead atoms. The summed E-state index contributed by atoms with van der Waals surface area (Å²) in [7, 11) is 0. The first-order chi connectivity index (χ1) is 14.2. The Morgan fingerprint density at radius 1 is 1.28 bits per heavy atom. The minimum Gasteiger partial charge on any atom is -0.351 e. The van der Waals surface area contributed by atoms with E-state index in [0.717, 1.165) is 26.1 Å². The van der Waals surface area contributed by atoms with Crippen LogP contribution in [-0.4, -0.2) is 55.4 Å². The number of rotatable bonds is 8. The molecule has 2 aromatic heterocycles. The molecule has 1 saturated heterocycles. The van der Waals surface area contributed by atoms with E-state index in [1.54, 1.807) is 16.0 Å². The Labute approximate surface area is 178 Å². The zero-order valence-electron chi connectivity index (χ0n) is 16.3. The van der Waals surface area contributed by atoms with Crippen LogP contribution in [0.1, 0.15) is 23.8 Å². The summed E-state index contributed by atoms with van der Waals surface area (Å²) in [6.07, 6.45) is 0.978. The average molecular weight is 429 g/mol. The molecule has 1 aromatic carbocycles. The zero-order chi connectivity index (χ0) is 20.1. The van der Waals surface area contributed by atoms with Crippen molar-refractivity contribution in [2.75, 3.05) is 13.1 Å². The summed E-state index contributed by atoms with van der Waals surface area (Å²) in [5.41, 5.74) is 1.31. The van der Waals surface area contributed by atoms with Crippen LogP contribution in [0.3, 0.4) is 0 Å². The van der Waals surface area contributed by atoms with Gasteiger partial charge < -0.3 is 5.32 Å². The summed E-state index contributed by atoms with van der Waals surface area (Å²) in [5, 5.41) is 17.6. The van der Waals surface area contributed by atoms with Gasteiger partial charge in [-0.05, 0) is 40.8 Å². The number of carbonyl (C=O) groups excluding carboxylic acids is 1. The van der Waals surface area contributed by atoms with Crippen LogP contribution in [-0.2, 0) is 17.9 Å². The number of nitrogens with one attached hydrogen (secondary N) is 1. The summed E-state index contributed by atoms with van der Waals surface area (Å²) in [6, 6.07) is 14.7. The second-order valence-electron chi connectivity index (χ2n) is 7.17. The first kappa shape index (κ1) is 20.1. The molecule has 1 aliphatic heterocycles. The molecule has 2 unspecified atom stereocenters. The van der Waals surface area contributed by atoms with Gasteiger partial charge in [0.25, 0.3) is 0 Å². The minimum absolute atomic E-state index is 0.0345. The maximum Gasteiger partial charge on any atom is 0.233 e. The van der Waals surface area contributed by atoms with E-state index in [2.05, 4.69) is 56.1 Å². The van der Waals surface area contributed by atoms with Crippen molar-refractivity contribution in [3.63, 3.8) is 0 Å². The Hall–Kier alpha value is -2.23. The number of thioether (sulfide) groups is 1. The topological polar surface area (TPSA) is 75.9 Å². The van der Waals surface area contributed by atoms with Crippen molar-refractivity contribution in [2.45, 2.75) is 42.9 Å². The molecule has 2 atom stereocenters. The molecule has 1 amide bonds. The van der Waals surface area contributed by atoms with Crippen molar-refractivity contribution in [3.05, 3.63) is 58.3 Å². The highest BCUT2D eigenvalue weighted by molar-refractivity contribution is 8.00. The average Bonchev–Trinajstić information content (AvgIpc) is 3.47. The molecule has 7 nitrogen and oxygen atoms in total. The van der Waals surface area contributed by atoms with Gasteiger partial charge in [-0.3, -0.25) is 9.69 Å². The van der Waals surface area contributed by atoms with Crippen LogP contribution in [0.4, 0.5) is 0 Å². The number of hydrogen-bond acceptors (Lipinski definition) is 7. The molecule has 0 spiro atoms. The lowest BCUT2D eigenvalue weighted by atomic mass is 10.2. The van der Waals surface area contributed by atoms with Gasteiger partial charge in [0.05, 0.1) is 11.8 Å². The van der Waals surface area contributed by atoms with E-state index in [1.165, 1.54) is 22.2 Å². The van der Waals surface area contributed by atoms with Gasteiger partial charge in [-0.2, -0.15) is 0 Å². The Kier molecular flexibility index (Phi) is 6.58. The summed E-state index contributed by atoms with van der Waals surface area (Å²) >= 11 is 3.07. The Morgan fingerprint density at radius 3 is 2.93 bits per heavy atom. The third-order valence-electron chi connectivity index (χ3n) is 4.90. The van der Waals surface area contributed by atoms with Crippen molar-refractivity contribution in [3.8, 4) is 0 Å². The molecule has 0 aliphatic carbocycles. The highest BCUT2D eigenvalue weighted by atomic mass is 32.2. The number of tetrazole rings is 1. The number of nitrogens with zero attached hydrogens (tertiary/aromatic N) is 5. The number of aromatic nitrogens is 4. The Bertz CT molecular complexity index is 914. The standard InChI is InChI=1S/C20H24N6OS2/c1-15(29-20-22-23-24-26(20)14-18-8-5-11-28-18)19(27)21-17-9-10-25(13-17)12-16-6-3-2-4-7-16/h2-8,11,15,17H,9-10,12-14H2,1H3,(H,21,27). The molecule has 0 radical (unpaired) electrons. The molecular weight excluding hydrogens is 404 g/mol. The molecule has 29 heavy (non-hydrogen) atoms. The van der Waals surface area contributed by atoms with Gasteiger partial charge in [0.15, 0.2) is 0 Å². The van der Waals surface area contributed by atoms with Crippen molar-refractivity contribution in [2.24, 2.45) is 0 Å². The fraction of sp³-hybridized carbons (Fsp3) is 0.400. The first-order valence-electron chi connectivity index (χ1n) is 9.69. The highest BCUT2D eigenvalue weighted by Gasteiger charge is 2.26. The van der Waals surface area contributed by atoms with E-state index in [0.29, 0.717) is 11.7 Å². The van der Waals surface area contributed by atoms with Crippen LogP contribution in [0, 0.1) is 0 Å². The SMILES string of the molecule is CC(Sc1nnnn1Cc1cccs1)C(=O)NC1CCN(Cc2ccccc2)C1. The van der Waals surface area contributed by atoms with Gasteiger partial charge in [-0.15, -0.1) is 16.4 Å². The van der Waals surface area contributed by atoms with E-state index < -0.39 is 0 Å². The van der Waals surface area contributed by atoms with Crippen molar-refractivity contribution >= 4 is 29.0 Å². The number of hydrogen-bond donors (Lipinski definition) is 1. The zero-order valence-corrected chi connectivity index (χ0v) is 17.9. The molecule has 0 saturated carbocycles. The van der Waals surface area contributed by atoms with Crippen LogP contribution < -0.4 is 5.32 Å². The second-order valence-corrected chi connectivity index (χ2v) is 9.51.